The quantitative estimate of drug-likeness (QED) is 0.750. The van der Waals surface area contributed by atoms with E-state index in [1.165, 1.54) is 16.4 Å². The summed E-state index contributed by atoms with van der Waals surface area (Å²) in [6, 6.07) is 13.6. The van der Waals surface area contributed by atoms with Gasteiger partial charge < -0.3 is 10.1 Å². The van der Waals surface area contributed by atoms with Crippen molar-refractivity contribution >= 4 is 33.4 Å². The van der Waals surface area contributed by atoms with Gasteiger partial charge in [0.25, 0.3) is 5.91 Å². The Kier molecular flexibility index (Phi) is 6.44. The van der Waals surface area contributed by atoms with E-state index in [1.807, 2.05) is 44.4 Å². The van der Waals surface area contributed by atoms with Crippen molar-refractivity contribution in [2.45, 2.75) is 35.8 Å². The monoisotopic (exact) mass is 420 g/mol. The fourth-order valence-corrected chi connectivity index (χ4v) is 5.20. The maximum Gasteiger partial charge on any atom is 0.255 e. The lowest BCUT2D eigenvalue weighted by Gasteiger charge is -2.34. The number of carbonyl (C=O) groups excluding carboxylic acids is 1. The predicted octanol–water partition coefficient (Wildman–Crippen LogP) is 3.46. The number of benzene rings is 2. The Bertz CT molecular complexity index is 935. The van der Waals surface area contributed by atoms with Crippen molar-refractivity contribution in [3.63, 3.8) is 0 Å². The van der Waals surface area contributed by atoms with Gasteiger partial charge in [0.05, 0.1) is 17.1 Å². The van der Waals surface area contributed by atoms with Crippen LogP contribution in [-0.2, 0) is 14.8 Å². The third kappa shape index (κ3) is 4.75. The highest BCUT2D eigenvalue weighted by Gasteiger charge is 2.32. The van der Waals surface area contributed by atoms with Crippen LogP contribution in [0.2, 0.25) is 0 Å². The SMILES string of the molecule is CSc1ccc(NC(=O)c2cccc(S(=O)(=O)N3CC(C)OC(C)C3)c2)cc1. The first-order chi connectivity index (χ1) is 13.3. The number of nitrogens with one attached hydrogen (secondary N) is 1. The summed E-state index contributed by atoms with van der Waals surface area (Å²) in [6.07, 6.45) is 1.64. The molecule has 0 bridgehead atoms. The molecule has 1 aliphatic rings. The number of hydrogen-bond acceptors (Lipinski definition) is 5. The van der Waals surface area contributed by atoms with Gasteiger partial charge in [-0.1, -0.05) is 6.07 Å². The van der Waals surface area contributed by atoms with Crippen LogP contribution in [0.25, 0.3) is 0 Å². The van der Waals surface area contributed by atoms with E-state index >= 15 is 0 Å². The second-order valence-corrected chi connectivity index (χ2v) is 9.61. The second-order valence-electron chi connectivity index (χ2n) is 6.79. The number of thioether (sulfide) groups is 1. The minimum absolute atomic E-state index is 0.110. The number of anilines is 1. The van der Waals surface area contributed by atoms with Crippen molar-refractivity contribution in [3.05, 3.63) is 54.1 Å². The molecule has 0 radical (unpaired) electrons. The van der Waals surface area contributed by atoms with Crippen LogP contribution in [0.1, 0.15) is 24.2 Å². The Morgan fingerprint density at radius 2 is 1.75 bits per heavy atom. The molecule has 2 atom stereocenters. The van der Waals surface area contributed by atoms with E-state index in [2.05, 4.69) is 5.32 Å². The van der Waals surface area contributed by atoms with Crippen molar-refractivity contribution in [1.29, 1.82) is 0 Å². The van der Waals surface area contributed by atoms with Crippen LogP contribution in [0.5, 0.6) is 0 Å². The fraction of sp³-hybridized carbons (Fsp3) is 0.350. The molecule has 6 nitrogen and oxygen atoms in total. The molecular formula is C20H24N2O4S2. The summed E-state index contributed by atoms with van der Waals surface area (Å²) in [5, 5.41) is 2.81. The molecule has 1 heterocycles. The lowest BCUT2D eigenvalue weighted by Crippen LogP contribution is -2.48. The number of rotatable bonds is 5. The van der Waals surface area contributed by atoms with Gasteiger partial charge in [-0.25, -0.2) is 8.42 Å². The van der Waals surface area contributed by atoms with Crippen LogP contribution in [0.4, 0.5) is 5.69 Å². The molecule has 8 heteroatoms. The molecule has 150 valence electrons. The van der Waals surface area contributed by atoms with Crippen LogP contribution >= 0.6 is 11.8 Å². The van der Waals surface area contributed by atoms with E-state index in [0.717, 1.165) is 4.90 Å². The average molecular weight is 421 g/mol. The summed E-state index contributed by atoms with van der Waals surface area (Å²) in [7, 11) is -3.70. The lowest BCUT2D eigenvalue weighted by molar-refractivity contribution is -0.0440. The standard InChI is InChI=1S/C20H24N2O4S2/c1-14-12-22(13-15(2)26-14)28(24,25)19-6-4-5-16(11-19)20(23)21-17-7-9-18(27-3)10-8-17/h4-11,14-15H,12-13H2,1-3H3,(H,21,23). The summed E-state index contributed by atoms with van der Waals surface area (Å²) >= 11 is 1.62. The zero-order chi connectivity index (χ0) is 20.3. The van der Waals surface area contributed by atoms with Crippen LogP contribution in [0.15, 0.2) is 58.3 Å². The van der Waals surface area contributed by atoms with Gasteiger partial charge in [-0.3, -0.25) is 4.79 Å². The first kappa shape index (κ1) is 20.9. The smallest absolute Gasteiger partial charge is 0.255 e. The molecule has 0 aliphatic carbocycles. The zero-order valence-electron chi connectivity index (χ0n) is 16.1. The van der Waals surface area contributed by atoms with E-state index in [1.54, 1.807) is 23.9 Å². The third-order valence-corrected chi connectivity index (χ3v) is 7.04. The fourth-order valence-electron chi connectivity index (χ4n) is 3.15. The highest BCUT2D eigenvalue weighted by atomic mass is 32.2. The molecule has 1 saturated heterocycles. The third-order valence-electron chi connectivity index (χ3n) is 4.47. The molecule has 28 heavy (non-hydrogen) atoms. The number of morpholine rings is 1. The normalized spacial score (nSPS) is 20.7. The minimum atomic E-state index is -3.70. The van der Waals surface area contributed by atoms with Gasteiger partial charge >= 0.3 is 0 Å². The van der Waals surface area contributed by atoms with Gasteiger partial charge in [-0.2, -0.15) is 4.31 Å². The molecule has 2 unspecified atom stereocenters. The van der Waals surface area contributed by atoms with Gasteiger partial charge in [0.1, 0.15) is 0 Å². The molecule has 1 amide bonds. The molecule has 2 aromatic rings. The zero-order valence-corrected chi connectivity index (χ0v) is 17.7. The molecule has 0 saturated carbocycles. The minimum Gasteiger partial charge on any atom is -0.373 e. The topological polar surface area (TPSA) is 75.7 Å². The van der Waals surface area contributed by atoms with Gasteiger partial charge in [0.2, 0.25) is 10.0 Å². The maximum atomic E-state index is 13.0. The van der Waals surface area contributed by atoms with Gasteiger partial charge in [0, 0.05) is 29.2 Å². The van der Waals surface area contributed by atoms with Crippen LogP contribution in [0.3, 0.4) is 0 Å². The Labute approximate surface area is 170 Å². The molecule has 1 N–H and O–H groups in total. The number of hydrogen-bond donors (Lipinski definition) is 1. The van der Waals surface area contributed by atoms with E-state index in [9.17, 15) is 13.2 Å². The van der Waals surface area contributed by atoms with Crippen LogP contribution in [-0.4, -0.2) is 50.2 Å². The Hall–Kier alpha value is -1.87. The molecule has 0 spiro atoms. The van der Waals surface area contributed by atoms with Gasteiger partial charge in [-0.15, -0.1) is 11.8 Å². The largest absolute Gasteiger partial charge is 0.373 e. The van der Waals surface area contributed by atoms with Crippen molar-refractivity contribution in [2.24, 2.45) is 0 Å². The number of ether oxygens (including phenoxy) is 1. The van der Waals surface area contributed by atoms with Crippen LogP contribution < -0.4 is 5.32 Å². The van der Waals surface area contributed by atoms with E-state index < -0.39 is 10.0 Å². The predicted molar refractivity (Wildman–Crippen MR) is 111 cm³/mol. The van der Waals surface area contributed by atoms with Crippen molar-refractivity contribution in [1.82, 2.24) is 4.31 Å². The van der Waals surface area contributed by atoms with E-state index in [-0.39, 0.29) is 23.0 Å². The summed E-state index contributed by atoms with van der Waals surface area (Å²) < 4.78 is 33.1. The molecule has 1 aliphatic heterocycles. The average Bonchev–Trinajstić information content (AvgIpc) is 2.68. The summed E-state index contributed by atoms with van der Waals surface area (Å²) in [5.41, 5.74) is 0.955. The molecule has 2 aromatic carbocycles. The second kappa shape index (κ2) is 8.65. The van der Waals surface area contributed by atoms with Crippen molar-refractivity contribution < 1.29 is 17.9 Å². The molecule has 3 rings (SSSR count). The lowest BCUT2D eigenvalue weighted by atomic mass is 10.2. The number of nitrogens with zero attached hydrogens (tertiary/aromatic N) is 1. The van der Waals surface area contributed by atoms with E-state index in [0.29, 0.717) is 24.3 Å². The maximum absolute atomic E-state index is 13.0. The van der Waals surface area contributed by atoms with Crippen molar-refractivity contribution in [2.75, 3.05) is 24.7 Å². The Morgan fingerprint density at radius 1 is 1.11 bits per heavy atom. The highest BCUT2D eigenvalue weighted by molar-refractivity contribution is 7.98. The molecule has 1 fully saturated rings. The number of amides is 1. The summed E-state index contributed by atoms with van der Waals surface area (Å²) in [5.74, 6) is -0.349. The first-order valence-electron chi connectivity index (χ1n) is 9.00. The molecule has 0 aromatic heterocycles. The summed E-state index contributed by atoms with van der Waals surface area (Å²) in [4.78, 5) is 13.8. The van der Waals surface area contributed by atoms with Crippen molar-refractivity contribution in [3.8, 4) is 0 Å². The molecular weight excluding hydrogens is 396 g/mol. The Morgan fingerprint density at radius 3 is 2.36 bits per heavy atom. The van der Waals surface area contributed by atoms with Gasteiger partial charge in [0.15, 0.2) is 0 Å². The number of sulfonamides is 1. The van der Waals surface area contributed by atoms with Gasteiger partial charge in [-0.05, 0) is 62.6 Å². The first-order valence-corrected chi connectivity index (χ1v) is 11.7. The summed E-state index contributed by atoms with van der Waals surface area (Å²) in [6.45, 7) is 4.30. The van der Waals surface area contributed by atoms with E-state index in [4.69, 9.17) is 4.74 Å². The Balaban J connectivity index is 1.79. The number of carbonyl (C=O) groups is 1. The highest BCUT2D eigenvalue weighted by Crippen LogP contribution is 2.23. The van der Waals surface area contributed by atoms with Crippen LogP contribution in [0, 0.1) is 0 Å².